The smallest absolute Gasteiger partial charge is 0.251 e. The molecule has 1 aliphatic rings. The zero-order valence-electron chi connectivity index (χ0n) is 10.1. The van der Waals surface area contributed by atoms with Gasteiger partial charge in [-0.2, -0.15) is 0 Å². The number of amides is 1. The molecular weight excluding hydrogens is 296 g/mol. The second-order valence-electron chi connectivity index (χ2n) is 4.50. The van der Waals surface area contributed by atoms with Gasteiger partial charge in [-0.1, -0.05) is 0 Å². The predicted molar refractivity (Wildman–Crippen MR) is 73.8 cm³/mol. The Morgan fingerprint density at radius 2 is 2.17 bits per heavy atom. The maximum absolute atomic E-state index is 11.8. The Morgan fingerprint density at radius 3 is 2.83 bits per heavy atom. The van der Waals surface area contributed by atoms with Gasteiger partial charge in [-0.05, 0) is 59.9 Å². The fraction of sp³-hybridized carbons (Fsp3) is 0.462. The quantitative estimate of drug-likeness (QED) is 0.704. The van der Waals surface area contributed by atoms with Gasteiger partial charge in [-0.3, -0.25) is 4.79 Å². The van der Waals surface area contributed by atoms with Crippen LogP contribution >= 0.6 is 15.9 Å². The third-order valence-electron chi connectivity index (χ3n) is 2.86. The average Bonchev–Trinajstić information content (AvgIpc) is 3.16. The molecule has 0 radical (unpaired) electrons. The highest BCUT2D eigenvalue weighted by atomic mass is 79.9. The molecule has 1 saturated carbocycles. The van der Waals surface area contributed by atoms with Gasteiger partial charge in [0.1, 0.15) is 5.75 Å². The van der Waals surface area contributed by atoms with Gasteiger partial charge in [-0.15, -0.1) is 0 Å². The third kappa shape index (κ3) is 3.99. The Bertz CT molecular complexity index is 433. The summed E-state index contributed by atoms with van der Waals surface area (Å²) >= 11 is 3.18. The maximum atomic E-state index is 11.8. The summed E-state index contributed by atoms with van der Waals surface area (Å²) in [6.07, 6.45) is 3.49. The number of hydrogen-bond acceptors (Lipinski definition) is 3. The lowest BCUT2D eigenvalue weighted by Crippen LogP contribution is -2.27. The molecule has 1 aliphatic carbocycles. The number of phenolic OH excluding ortho intramolecular Hbond substituents is 1. The van der Waals surface area contributed by atoms with Crippen molar-refractivity contribution in [2.75, 3.05) is 13.1 Å². The van der Waals surface area contributed by atoms with Gasteiger partial charge in [0.2, 0.25) is 0 Å². The first-order valence-electron chi connectivity index (χ1n) is 6.17. The minimum atomic E-state index is -0.149. The second-order valence-corrected chi connectivity index (χ2v) is 5.36. The number of nitrogens with one attached hydrogen (secondary N) is 2. The van der Waals surface area contributed by atoms with E-state index in [4.69, 9.17) is 0 Å². The van der Waals surface area contributed by atoms with E-state index < -0.39 is 0 Å². The van der Waals surface area contributed by atoms with Gasteiger partial charge in [-0.25, -0.2) is 0 Å². The van der Waals surface area contributed by atoms with Crippen molar-refractivity contribution in [2.24, 2.45) is 0 Å². The summed E-state index contributed by atoms with van der Waals surface area (Å²) in [5.74, 6) is -0.0673. The van der Waals surface area contributed by atoms with E-state index in [0.29, 0.717) is 22.6 Å². The lowest BCUT2D eigenvalue weighted by molar-refractivity contribution is 0.0953. The van der Waals surface area contributed by atoms with E-state index in [9.17, 15) is 9.90 Å². The molecule has 1 aromatic rings. The summed E-state index contributed by atoms with van der Waals surface area (Å²) in [5.41, 5.74) is 0.478. The Kier molecular flexibility index (Phi) is 4.60. The molecule has 18 heavy (non-hydrogen) atoms. The van der Waals surface area contributed by atoms with E-state index in [0.717, 1.165) is 13.0 Å². The van der Waals surface area contributed by atoms with Crippen molar-refractivity contribution in [3.05, 3.63) is 28.2 Å². The van der Waals surface area contributed by atoms with Crippen LogP contribution < -0.4 is 10.6 Å². The second kappa shape index (κ2) is 6.20. The van der Waals surface area contributed by atoms with Crippen LogP contribution in [0.4, 0.5) is 0 Å². The molecule has 0 aliphatic heterocycles. The number of benzene rings is 1. The molecule has 1 amide bonds. The van der Waals surface area contributed by atoms with Gasteiger partial charge in [0, 0.05) is 18.2 Å². The van der Waals surface area contributed by atoms with Crippen LogP contribution in [0.2, 0.25) is 0 Å². The molecule has 1 aromatic carbocycles. The van der Waals surface area contributed by atoms with Gasteiger partial charge >= 0.3 is 0 Å². The summed E-state index contributed by atoms with van der Waals surface area (Å²) in [6, 6.07) is 5.52. The molecule has 1 fully saturated rings. The van der Waals surface area contributed by atoms with Crippen LogP contribution in [-0.4, -0.2) is 30.1 Å². The molecule has 3 N–H and O–H groups in total. The lowest BCUT2D eigenvalue weighted by Gasteiger charge is -2.06. The normalized spacial score (nSPS) is 14.5. The first-order chi connectivity index (χ1) is 8.66. The van der Waals surface area contributed by atoms with Crippen molar-refractivity contribution in [3.63, 3.8) is 0 Å². The SMILES string of the molecule is O=C(NCCCNC1CC1)c1ccc(Br)c(O)c1. The van der Waals surface area contributed by atoms with E-state index >= 15 is 0 Å². The largest absolute Gasteiger partial charge is 0.507 e. The van der Waals surface area contributed by atoms with Crippen LogP contribution in [-0.2, 0) is 0 Å². The van der Waals surface area contributed by atoms with Crippen LogP contribution in [0.25, 0.3) is 0 Å². The van der Waals surface area contributed by atoms with Crippen molar-refractivity contribution in [1.82, 2.24) is 10.6 Å². The summed E-state index contributed by atoms with van der Waals surface area (Å²) in [4.78, 5) is 11.8. The Balaban J connectivity index is 1.70. The average molecular weight is 313 g/mol. The van der Waals surface area contributed by atoms with E-state index in [-0.39, 0.29) is 11.7 Å². The number of phenols is 1. The molecule has 0 heterocycles. The van der Waals surface area contributed by atoms with E-state index in [1.54, 1.807) is 12.1 Å². The number of halogens is 1. The van der Waals surface area contributed by atoms with Crippen LogP contribution in [0.15, 0.2) is 22.7 Å². The zero-order chi connectivity index (χ0) is 13.0. The summed E-state index contributed by atoms with van der Waals surface area (Å²) in [5, 5.41) is 15.7. The molecular formula is C13H17BrN2O2. The van der Waals surface area contributed by atoms with Crippen molar-refractivity contribution < 1.29 is 9.90 Å². The van der Waals surface area contributed by atoms with Gasteiger partial charge in [0.05, 0.1) is 4.47 Å². The highest BCUT2D eigenvalue weighted by molar-refractivity contribution is 9.10. The number of rotatable bonds is 6. The number of aromatic hydroxyl groups is 1. The summed E-state index contributed by atoms with van der Waals surface area (Å²) in [7, 11) is 0. The van der Waals surface area contributed by atoms with Crippen molar-refractivity contribution in [2.45, 2.75) is 25.3 Å². The Labute approximate surface area is 115 Å². The predicted octanol–water partition coefficient (Wildman–Crippen LogP) is 2.03. The number of carbonyl (C=O) groups is 1. The molecule has 0 unspecified atom stereocenters. The molecule has 0 atom stereocenters. The van der Waals surface area contributed by atoms with Crippen LogP contribution in [0.5, 0.6) is 5.75 Å². The molecule has 0 spiro atoms. The summed E-state index contributed by atoms with van der Waals surface area (Å²) in [6.45, 7) is 1.59. The van der Waals surface area contributed by atoms with Crippen molar-refractivity contribution in [3.8, 4) is 5.75 Å². The maximum Gasteiger partial charge on any atom is 0.251 e. The molecule has 0 bridgehead atoms. The zero-order valence-corrected chi connectivity index (χ0v) is 11.7. The van der Waals surface area contributed by atoms with Crippen LogP contribution in [0, 0.1) is 0 Å². The fourth-order valence-electron chi connectivity index (χ4n) is 1.64. The molecule has 0 saturated heterocycles. The Hall–Kier alpha value is -1.07. The first kappa shape index (κ1) is 13.4. The summed E-state index contributed by atoms with van der Waals surface area (Å²) < 4.78 is 0.590. The molecule has 98 valence electrons. The minimum Gasteiger partial charge on any atom is -0.507 e. The topological polar surface area (TPSA) is 61.4 Å². The van der Waals surface area contributed by atoms with Crippen LogP contribution in [0.1, 0.15) is 29.6 Å². The van der Waals surface area contributed by atoms with Gasteiger partial charge in [0.25, 0.3) is 5.91 Å². The fourth-order valence-corrected chi connectivity index (χ4v) is 1.89. The minimum absolute atomic E-state index is 0.0815. The number of hydrogen-bond donors (Lipinski definition) is 3. The Morgan fingerprint density at radius 1 is 1.39 bits per heavy atom. The highest BCUT2D eigenvalue weighted by Crippen LogP contribution is 2.24. The first-order valence-corrected chi connectivity index (χ1v) is 6.96. The standard InChI is InChI=1S/C13H17BrN2O2/c14-11-5-2-9(8-12(11)17)13(18)16-7-1-6-15-10-3-4-10/h2,5,8,10,15,17H,1,3-4,6-7H2,(H,16,18). The monoisotopic (exact) mass is 312 g/mol. The van der Waals surface area contributed by atoms with Crippen molar-refractivity contribution >= 4 is 21.8 Å². The molecule has 5 heteroatoms. The van der Waals surface area contributed by atoms with Crippen molar-refractivity contribution in [1.29, 1.82) is 0 Å². The van der Waals surface area contributed by atoms with Gasteiger partial charge < -0.3 is 15.7 Å². The third-order valence-corrected chi connectivity index (χ3v) is 3.53. The van der Waals surface area contributed by atoms with E-state index in [2.05, 4.69) is 26.6 Å². The molecule has 4 nitrogen and oxygen atoms in total. The lowest BCUT2D eigenvalue weighted by atomic mass is 10.2. The molecule has 2 rings (SSSR count). The highest BCUT2D eigenvalue weighted by Gasteiger charge is 2.19. The van der Waals surface area contributed by atoms with Gasteiger partial charge in [0.15, 0.2) is 0 Å². The van der Waals surface area contributed by atoms with Crippen LogP contribution in [0.3, 0.4) is 0 Å². The number of carbonyl (C=O) groups excluding carboxylic acids is 1. The van der Waals surface area contributed by atoms with E-state index in [1.165, 1.54) is 18.9 Å². The van der Waals surface area contributed by atoms with E-state index in [1.807, 2.05) is 0 Å². The molecule has 0 aromatic heterocycles.